The molecule has 2 aromatic carbocycles. The van der Waals surface area contributed by atoms with Crippen LogP contribution in [0.2, 0.25) is 0 Å². The Morgan fingerprint density at radius 1 is 0.700 bits per heavy atom. The van der Waals surface area contributed by atoms with Crippen LogP contribution < -0.4 is 0 Å². The van der Waals surface area contributed by atoms with Crippen LogP contribution in [0.25, 0.3) is 5.57 Å². The van der Waals surface area contributed by atoms with E-state index in [4.69, 9.17) is 14.5 Å². The lowest BCUT2D eigenvalue weighted by atomic mass is 9.53. The molecule has 5 aliphatic carbocycles. The van der Waals surface area contributed by atoms with Crippen molar-refractivity contribution >= 4 is 5.57 Å². The second kappa shape index (κ2) is 6.29. The summed E-state index contributed by atoms with van der Waals surface area (Å²) in [6, 6.07) is 21.2. The second-order valence-corrected chi connectivity index (χ2v) is 10.2. The van der Waals surface area contributed by atoms with Gasteiger partial charge in [-0.1, -0.05) is 60.7 Å². The van der Waals surface area contributed by atoms with Crippen LogP contribution >= 0.6 is 0 Å². The summed E-state index contributed by atoms with van der Waals surface area (Å²) in [5.41, 5.74) is 3.06. The monoisotopic (exact) mass is 400 g/mol. The summed E-state index contributed by atoms with van der Waals surface area (Å²) in [6.45, 7) is 0. The molecule has 1 spiro atoms. The van der Waals surface area contributed by atoms with E-state index in [9.17, 15) is 0 Å². The van der Waals surface area contributed by atoms with E-state index in [2.05, 4.69) is 66.7 Å². The minimum atomic E-state index is -0.605. The molecule has 5 fully saturated rings. The zero-order valence-electron chi connectivity index (χ0n) is 17.2. The predicted octanol–water partition coefficient (Wildman–Crippen LogP) is 5.87. The molecule has 4 saturated carbocycles. The van der Waals surface area contributed by atoms with Crippen LogP contribution in [-0.2, 0) is 20.1 Å². The summed E-state index contributed by atoms with van der Waals surface area (Å²) in [5.74, 6) is 2.11. The average Bonchev–Trinajstić information content (AvgIpc) is 3.18. The summed E-state index contributed by atoms with van der Waals surface area (Å²) >= 11 is 0. The van der Waals surface area contributed by atoms with E-state index >= 15 is 0 Å². The zero-order valence-corrected chi connectivity index (χ0v) is 17.2. The van der Waals surface area contributed by atoms with Crippen LogP contribution in [0.15, 0.2) is 66.7 Å². The average molecular weight is 401 g/mol. The molecule has 4 bridgehead atoms. The largest absolute Gasteiger partial charge is 0.336 e. The molecule has 2 atom stereocenters. The van der Waals surface area contributed by atoms with Crippen molar-refractivity contribution in [2.24, 2.45) is 23.7 Å². The third-order valence-corrected chi connectivity index (χ3v) is 8.58. The summed E-state index contributed by atoms with van der Waals surface area (Å²) in [6.07, 6.45) is 9.31. The molecule has 0 radical (unpaired) electrons. The van der Waals surface area contributed by atoms with Gasteiger partial charge in [-0.3, -0.25) is 0 Å². The lowest BCUT2D eigenvalue weighted by Crippen LogP contribution is -2.66. The molecule has 30 heavy (non-hydrogen) atoms. The van der Waals surface area contributed by atoms with Crippen molar-refractivity contribution in [3.63, 3.8) is 0 Å². The first kappa shape index (κ1) is 17.7. The van der Waals surface area contributed by atoms with Crippen LogP contribution in [0.3, 0.4) is 0 Å². The van der Waals surface area contributed by atoms with Crippen LogP contribution in [0, 0.1) is 23.7 Å². The van der Waals surface area contributed by atoms with Gasteiger partial charge in [-0.15, -0.1) is 0 Å². The topological polar surface area (TPSA) is 27.7 Å². The normalized spacial score (nSPS) is 43.6. The SMILES string of the molecule is C1=C(c2ccccc2)C[C@]2(c3ccccc3)OOC3(O[C@H]12)C1CC2CC(C1)CC3C2. The first-order valence-corrected chi connectivity index (χ1v) is 11.6. The second-order valence-electron chi connectivity index (χ2n) is 10.2. The third kappa shape index (κ3) is 2.37. The molecule has 0 unspecified atom stereocenters. The lowest BCUT2D eigenvalue weighted by Gasteiger charge is -2.62. The fourth-order valence-electron chi connectivity index (χ4n) is 7.38. The van der Waals surface area contributed by atoms with Crippen molar-refractivity contribution in [2.45, 2.75) is 56.0 Å². The Bertz CT molecular complexity index is 954. The van der Waals surface area contributed by atoms with Gasteiger partial charge >= 0.3 is 0 Å². The van der Waals surface area contributed by atoms with E-state index in [0.29, 0.717) is 11.8 Å². The van der Waals surface area contributed by atoms with Crippen molar-refractivity contribution in [1.29, 1.82) is 0 Å². The van der Waals surface area contributed by atoms with Gasteiger partial charge in [0.05, 0.1) is 0 Å². The highest BCUT2D eigenvalue weighted by molar-refractivity contribution is 5.70. The smallest absolute Gasteiger partial charge is 0.208 e. The third-order valence-electron chi connectivity index (χ3n) is 8.58. The van der Waals surface area contributed by atoms with Gasteiger partial charge in [0.1, 0.15) is 6.10 Å². The number of benzene rings is 2. The Labute approximate surface area is 178 Å². The van der Waals surface area contributed by atoms with E-state index in [1.165, 1.54) is 43.2 Å². The molecule has 1 heterocycles. The number of rotatable bonds is 2. The predicted molar refractivity (Wildman–Crippen MR) is 114 cm³/mol. The maximum atomic E-state index is 7.06. The molecule has 3 heteroatoms. The van der Waals surface area contributed by atoms with Crippen LogP contribution in [0.5, 0.6) is 0 Å². The van der Waals surface area contributed by atoms with Gasteiger partial charge in [-0.2, -0.15) is 4.89 Å². The highest BCUT2D eigenvalue weighted by Gasteiger charge is 2.66. The molecule has 6 aliphatic rings. The molecule has 8 rings (SSSR count). The van der Waals surface area contributed by atoms with Gasteiger partial charge < -0.3 is 4.74 Å². The van der Waals surface area contributed by atoms with E-state index in [1.807, 2.05) is 0 Å². The van der Waals surface area contributed by atoms with Crippen molar-refractivity contribution in [3.05, 3.63) is 77.9 Å². The molecule has 0 aromatic heterocycles. The summed E-state index contributed by atoms with van der Waals surface area (Å²) < 4.78 is 7.06. The van der Waals surface area contributed by atoms with Crippen molar-refractivity contribution in [3.8, 4) is 0 Å². The Balaban J connectivity index is 1.30. The number of ether oxygens (including phenoxy) is 1. The molecule has 0 N–H and O–H groups in total. The summed E-state index contributed by atoms with van der Waals surface area (Å²) in [7, 11) is 0. The Morgan fingerprint density at radius 3 is 2.00 bits per heavy atom. The number of hydrogen-bond acceptors (Lipinski definition) is 3. The molecule has 1 aliphatic heterocycles. The van der Waals surface area contributed by atoms with Gasteiger partial charge in [-0.25, -0.2) is 4.89 Å². The minimum Gasteiger partial charge on any atom is -0.336 e. The minimum absolute atomic E-state index is 0.124. The summed E-state index contributed by atoms with van der Waals surface area (Å²) in [4.78, 5) is 13.0. The van der Waals surface area contributed by atoms with Crippen molar-refractivity contribution in [1.82, 2.24) is 0 Å². The Hall–Kier alpha value is -1.94. The van der Waals surface area contributed by atoms with Gasteiger partial charge in [0.25, 0.3) is 0 Å². The maximum absolute atomic E-state index is 7.06. The van der Waals surface area contributed by atoms with Crippen LogP contribution in [0.1, 0.15) is 49.7 Å². The summed E-state index contributed by atoms with van der Waals surface area (Å²) in [5, 5.41) is 0. The quantitative estimate of drug-likeness (QED) is 0.590. The zero-order chi connectivity index (χ0) is 19.8. The molecular formula is C27H28O3. The number of hydrogen-bond donors (Lipinski definition) is 0. The Morgan fingerprint density at radius 2 is 1.33 bits per heavy atom. The van der Waals surface area contributed by atoms with Crippen molar-refractivity contribution in [2.75, 3.05) is 0 Å². The van der Waals surface area contributed by atoms with E-state index < -0.39 is 11.4 Å². The molecule has 154 valence electrons. The fraction of sp³-hybridized carbons (Fsp3) is 0.481. The highest BCUT2D eigenvalue weighted by atomic mass is 17.3. The van der Waals surface area contributed by atoms with Crippen LogP contribution in [-0.4, -0.2) is 11.9 Å². The maximum Gasteiger partial charge on any atom is 0.208 e. The number of fused-ring (bicyclic) bond motifs is 1. The first-order chi connectivity index (χ1) is 14.8. The highest BCUT2D eigenvalue weighted by Crippen LogP contribution is 2.64. The van der Waals surface area contributed by atoms with Gasteiger partial charge in [-0.05, 0) is 66.7 Å². The van der Waals surface area contributed by atoms with Gasteiger partial charge in [0.15, 0.2) is 5.60 Å². The Kier molecular flexibility index (Phi) is 3.71. The fourth-order valence-corrected chi connectivity index (χ4v) is 7.38. The van der Waals surface area contributed by atoms with Crippen LogP contribution in [0.4, 0.5) is 0 Å². The van der Waals surface area contributed by atoms with Crippen molar-refractivity contribution < 1.29 is 14.5 Å². The first-order valence-electron chi connectivity index (χ1n) is 11.6. The van der Waals surface area contributed by atoms with E-state index in [0.717, 1.165) is 23.8 Å². The molecule has 1 saturated heterocycles. The van der Waals surface area contributed by atoms with E-state index in [1.54, 1.807) is 0 Å². The molecular weight excluding hydrogens is 372 g/mol. The lowest BCUT2D eigenvalue weighted by molar-refractivity contribution is -0.558. The van der Waals surface area contributed by atoms with E-state index in [-0.39, 0.29) is 6.10 Å². The van der Waals surface area contributed by atoms with Gasteiger partial charge in [0.2, 0.25) is 5.79 Å². The standard InChI is InChI=1S/C27H28O3/c1-3-7-20(8-4-1)21-16-25-26(17-21,22-9-5-2-6-10-22)29-30-27(28-25)23-12-18-11-19(14-23)15-24(27)13-18/h1-10,16,18-19,23-25H,11-15,17H2/t18?,19?,23?,24?,25-,26-,27?/m1/s1. The molecule has 3 nitrogen and oxygen atoms in total. The molecule has 0 amide bonds. The molecule has 2 aromatic rings. The van der Waals surface area contributed by atoms with Gasteiger partial charge in [0, 0.05) is 18.3 Å².